The quantitative estimate of drug-likeness (QED) is 0.622. The van der Waals surface area contributed by atoms with E-state index in [1.807, 2.05) is 0 Å². The molecule has 0 unspecified atom stereocenters. The molecule has 0 saturated carbocycles. The van der Waals surface area contributed by atoms with E-state index in [0.29, 0.717) is 0 Å². The summed E-state index contributed by atoms with van der Waals surface area (Å²) in [5.74, 6) is -2.74. The Hall–Kier alpha value is -1.14. The molecule has 0 aromatic rings. The van der Waals surface area contributed by atoms with E-state index in [4.69, 9.17) is 14.6 Å². The number of amides is 1. The van der Waals surface area contributed by atoms with E-state index in [-0.39, 0.29) is 0 Å². The van der Waals surface area contributed by atoms with Crippen molar-refractivity contribution in [3.05, 3.63) is 0 Å². The number of nitrogens with one attached hydrogen (secondary N) is 1. The second-order valence-electron chi connectivity index (χ2n) is 3.43. The molecule has 0 aliphatic carbocycles. The minimum atomic E-state index is -1.25. The SMILES string of the molecule is CNC(=O)[C@@H]1OC(C)(C)O[C@H]1C(=O)O. The molecular formula is C8H13NO5. The summed E-state index contributed by atoms with van der Waals surface area (Å²) in [5.41, 5.74) is 0. The molecule has 80 valence electrons. The summed E-state index contributed by atoms with van der Waals surface area (Å²) in [5, 5.41) is 11.1. The van der Waals surface area contributed by atoms with Gasteiger partial charge < -0.3 is 19.9 Å². The molecule has 1 fully saturated rings. The predicted octanol–water partition coefficient (Wildman–Crippen LogP) is -0.663. The summed E-state index contributed by atoms with van der Waals surface area (Å²) in [7, 11) is 1.41. The predicted molar refractivity (Wildman–Crippen MR) is 45.5 cm³/mol. The molecule has 2 N–H and O–H groups in total. The molecule has 1 amide bonds. The standard InChI is InChI=1S/C8H13NO5/c1-8(2)13-4(6(10)9-3)5(14-8)7(11)12/h4-5H,1-3H3,(H,9,10)(H,11,12)/t4-,5-/m1/s1. The smallest absolute Gasteiger partial charge is 0.336 e. The number of aliphatic carboxylic acids is 1. The highest BCUT2D eigenvalue weighted by Crippen LogP contribution is 2.28. The number of likely N-dealkylation sites (N-methyl/N-ethyl adjacent to an activating group) is 1. The van der Waals surface area contributed by atoms with Gasteiger partial charge in [0.15, 0.2) is 18.0 Å². The first-order chi connectivity index (χ1) is 6.37. The van der Waals surface area contributed by atoms with Gasteiger partial charge in [-0.15, -0.1) is 0 Å². The topological polar surface area (TPSA) is 84.9 Å². The number of carbonyl (C=O) groups is 2. The maximum Gasteiger partial charge on any atom is 0.336 e. The van der Waals surface area contributed by atoms with Crippen molar-refractivity contribution >= 4 is 11.9 Å². The van der Waals surface area contributed by atoms with Crippen molar-refractivity contribution in [3.8, 4) is 0 Å². The summed E-state index contributed by atoms with van der Waals surface area (Å²) in [6.45, 7) is 3.12. The third kappa shape index (κ3) is 2.02. The first kappa shape index (κ1) is 10.9. The van der Waals surface area contributed by atoms with Gasteiger partial charge in [-0.2, -0.15) is 0 Å². The second kappa shape index (κ2) is 3.55. The lowest BCUT2D eigenvalue weighted by molar-refractivity contribution is -0.166. The van der Waals surface area contributed by atoms with E-state index in [9.17, 15) is 9.59 Å². The molecule has 6 nitrogen and oxygen atoms in total. The zero-order valence-electron chi connectivity index (χ0n) is 8.23. The Morgan fingerprint density at radius 2 is 1.79 bits per heavy atom. The van der Waals surface area contributed by atoms with E-state index < -0.39 is 29.9 Å². The first-order valence-corrected chi connectivity index (χ1v) is 4.17. The van der Waals surface area contributed by atoms with Gasteiger partial charge in [-0.25, -0.2) is 4.79 Å². The Kier molecular flexibility index (Phi) is 2.77. The van der Waals surface area contributed by atoms with Gasteiger partial charge in [0.25, 0.3) is 5.91 Å². The lowest BCUT2D eigenvalue weighted by atomic mass is 10.2. The van der Waals surface area contributed by atoms with Gasteiger partial charge in [0.1, 0.15) is 0 Å². The molecule has 1 aliphatic heterocycles. The molecule has 1 aliphatic rings. The van der Waals surface area contributed by atoms with Crippen molar-refractivity contribution in [2.24, 2.45) is 0 Å². The highest BCUT2D eigenvalue weighted by Gasteiger charge is 2.48. The van der Waals surface area contributed by atoms with Gasteiger partial charge in [-0.05, 0) is 13.8 Å². The molecule has 14 heavy (non-hydrogen) atoms. The average Bonchev–Trinajstić information content (AvgIpc) is 2.40. The van der Waals surface area contributed by atoms with E-state index in [2.05, 4.69) is 5.32 Å². The summed E-state index contributed by atoms with van der Waals surface area (Å²) < 4.78 is 10.2. The highest BCUT2D eigenvalue weighted by molar-refractivity contribution is 5.88. The number of ether oxygens (including phenoxy) is 2. The lowest BCUT2D eigenvalue weighted by Crippen LogP contribution is -2.42. The van der Waals surface area contributed by atoms with Crippen LogP contribution in [-0.4, -0.2) is 42.0 Å². The molecule has 6 heteroatoms. The van der Waals surface area contributed by atoms with E-state index in [0.717, 1.165) is 0 Å². The van der Waals surface area contributed by atoms with Gasteiger partial charge in [-0.1, -0.05) is 0 Å². The van der Waals surface area contributed by atoms with Crippen LogP contribution in [0.2, 0.25) is 0 Å². The zero-order chi connectivity index (χ0) is 10.9. The molecular weight excluding hydrogens is 190 g/mol. The number of carboxylic acid groups (broad SMARTS) is 1. The molecule has 1 rings (SSSR count). The van der Waals surface area contributed by atoms with Crippen molar-refractivity contribution < 1.29 is 24.2 Å². The number of hydrogen-bond acceptors (Lipinski definition) is 4. The van der Waals surface area contributed by atoms with Crippen LogP contribution in [0, 0.1) is 0 Å². The second-order valence-corrected chi connectivity index (χ2v) is 3.43. The minimum absolute atomic E-state index is 0.497. The van der Waals surface area contributed by atoms with Gasteiger partial charge in [0.2, 0.25) is 0 Å². The third-order valence-electron chi connectivity index (χ3n) is 1.84. The van der Waals surface area contributed by atoms with Crippen LogP contribution in [0.5, 0.6) is 0 Å². The van der Waals surface area contributed by atoms with Gasteiger partial charge in [-0.3, -0.25) is 4.79 Å². The molecule has 0 radical (unpaired) electrons. The van der Waals surface area contributed by atoms with Crippen LogP contribution in [-0.2, 0) is 19.1 Å². The van der Waals surface area contributed by atoms with Crippen molar-refractivity contribution in [2.75, 3.05) is 7.05 Å². The maximum atomic E-state index is 11.2. The Bertz CT molecular complexity index is 262. The van der Waals surface area contributed by atoms with Crippen LogP contribution in [0.3, 0.4) is 0 Å². The van der Waals surface area contributed by atoms with Crippen LogP contribution < -0.4 is 5.32 Å². The van der Waals surface area contributed by atoms with Crippen LogP contribution in [0.25, 0.3) is 0 Å². The van der Waals surface area contributed by atoms with Crippen molar-refractivity contribution in [3.63, 3.8) is 0 Å². The Morgan fingerprint density at radius 3 is 2.21 bits per heavy atom. The molecule has 0 aromatic carbocycles. The van der Waals surface area contributed by atoms with Crippen LogP contribution >= 0.6 is 0 Å². The van der Waals surface area contributed by atoms with Gasteiger partial charge >= 0.3 is 5.97 Å². The van der Waals surface area contributed by atoms with Crippen LogP contribution in [0.4, 0.5) is 0 Å². The zero-order valence-corrected chi connectivity index (χ0v) is 8.23. The fourth-order valence-corrected chi connectivity index (χ4v) is 1.28. The number of hydrogen-bond donors (Lipinski definition) is 2. The first-order valence-electron chi connectivity index (χ1n) is 4.17. The van der Waals surface area contributed by atoms with Crippen LogP contribution in [0.15, 0.2) is 0 Å². The summed E-state index contributed by atoms with van der Waals surface area (Å²) in [6.07, 6.45) is -2.34. The molecule has 2 atom stereocenters. The largest absolute Gasteiger partial charge is 0.479 e. The summed E-state index contributed by atoms with van der Waals surface area (Å²) in [6, 6.07) is 0. The molecule has 0 aromatic heterocycles. The minimum Gasteiger partial charge on any atom is -0.479 e. The Morgan fingerprint density at radius 1 is 1.29 bits per heavy atom. The summed E-state index contributed by atoms with van der Waals surface area (Å²) in [4.78, 5) is 22.0. The number of rotatable bonds is 2. The Labute approximate surface area is 81.2 Å². The van der Waals surface area contributed by atoms with E-state index in [1.54, 1.807) is 13.8 Å². The fraction of sp³-hybridized carbons (Fsp3) is 0.750. The highest BCUT2D eigenvalue weighted by atomic mass is 16.8. The van der Waals surface area contributed by atoms with Crippen molar-refractivity contribution in [1.82, 2.24) is 5.32 Å². The number of carboxylic acids is 1. The number of carbonyl (C=O) groups excluding carboxylic acids is 1. The molecule has 1 saturated heterocycles. The van der Waals surface area contributed by atoms with Crippen LogP contribution in [0.1, 0.15) is 13.8 Å². The fourth-order valence-electron chi connectivity index (χ4n) is 1.28. The summed E-state index contributed by atoms with van der Waals surface area (Å²) >= 11 is 0. The van der Waals surface area contributed by atoms with E-state index >= 15 is 0 Å². The normalized spacial score (nSPS) is 29.9. The van der Waals surface area contributed by atoms with Crippen molar-refractivity contribution in [2.45, 2.75) is 31.8 Å². The third-order valence-corrected chi connectivity index (χ3v) is 1.84. The molecule has 0 spiro atoms. The monoisotopic (exact) mass is 203 g/mol. The van der Waals surface area contributed by atoms with E-state index in [1.165, 1.54) is 7.05 Å². The molecule has 0 bridgehead atoms. The molecule has 1 heterocycles. The maximum absolute atomic E-state index is 11.2. The lowest BCUT2D eigenvalue weighted by Gasteiger charge is -2.15. The average molecular weight is 203 g/mol. The van der Waals surface area contributed by atoms with Crippen molar-refractivity contribution in [1.29, 1.82) is 0 Å². The Balaban J connectivity index is 2.83. The van der Waals surface area contributed by atoms with Gasteiger partial charge in [0, 0.05) is 7.05 Å². The van der Waals surface area contributed by atoms with Gasteiger partial charge in [0.05, 0.1) is 0 Å².